The summed E-state index contributed by atoms with van der Waals surface area (Å²) in [4.78, 5) is 24.5. The molecule has 0 saturated carbocycles. The van der Waals surface area contributed by atoms with E-state index in [0.717, 1.165) is 0 Å². The maximum atomic E-state index is 12.5. The lowest BCUT2D eigenvalue weighted by molar-refractivity contribution is -0.118. The third-order valence-corrected chi connectivity index (χ3v) is 3.87. The van der Waals surface area contributed by atoms with Crippen LogP contribution in [0.3, 0.4) is 0 Å². The fraction of sp³-hybridized carbons (Fsp3) is 0.263. The summed E-state index contributed by atoms with van der Waals surface area (Å²) in [5.41, 5.74) is 1.43. The molecular weight excluding hydrogens is 336 g/mol. The molecule has 0 spiro atoms. The van der Waals surface area contributed by atoms with E-state index in [1.54, 1.807) is 50.2 Å². The van der Waals surface area contributed by atoms with E-state index in [-0.39, 0.29) is 24.5 Å². The highest BCUT2D eigenvalue weighted by molar-refractivity contribution is 6.06. The van der Waals surface area contributed by atoms with Gasteiger partial charge in [-0.1, -0.05) is 13.8 Å². The Balaban J connectivity index is 1.79. The minimum absolute atomic E-state index is 0.156. The van der Waals surface area contributed by atoms with Crippen molar-refractivity contribution in [1.29, 1.82) is 0 Å². The van der Waals surface area contributed by atoms with Crippen LogP contribution < -0.4 is 24.8 Å². The summed E-state index contributed by atoms with van der Waals surface area (Å²) in [7, 11) is 1.51. The zero-order valence-electron chi connectivity index (χ0n) is 14.8. The molecule has 0 radical (unpaired) electrons. The monoisotopic (exact) mass is 356 g/mol. The zero-order chi connectivity index (χ0) is 18.7. The average Bonchev–Trinajstić information content (AvgIpc) is 3.09. The first kappa shape index (κ1) is 17.6. The van der Waals surface area contributed by atoms with Gasteiger partial charge in [0.1, 0.15) is 5.75 Å². The van der Waals surface area contributed by atoms with E-state index in [2.05, 4.69) is 10.6 Å². The van der Waals surface area contributed by atoms with Crippen molar-refractivity contribution < 1.29 is 23.8 Å². The van der Waals surface area contributed by atoms with E-state index in [1.807, 2.05) is 0 Å². The molecule has 136 valence electrons. The van der Waals surface area contributed by atoms with Crippen molar-refractivity contribution in [3.05, 3.63) is 42.0 Å². The van der Waals surface area contributed by atoms with Gasteiger partial charge in [-0.3, -0.25) is 9.59 Å². The number of amides is 2. The molecule has 0 saturated heterocycles. The van der Waals surface area contributed by atoms with Gasteiger partial charge in [0.25, 0.3) is 5.91 Å². The van der Waals surface area contributed by atoms with Crippen LogP contribution in [0.5, 0.6) is 17.2 Å². The first-order valence-electron chi connectivity index (χ1n) is 8.18. The molecule has 0 fully saturated rings. The number of ether oxygens (including phenoxy) is 3. The number of methoxy groups -OCH3 is 1. The molecule has 2 amide bonds. The molecule has 7 nitrogen and oxygen atoms in total. The molecule has 26 heavy (non-hydrogen) atoms. The van der Waals surface area contributed by atoms with Gasteiger partial charge in [0.15, 0.2) is 11.5 Å². The van der Waals surface area contributed by atoms with E-state index in [4.69, 9.17) is 14.2 Å². The lowest BCUT2D eigenvalue weighted by atomic mass is 10.1. The Morgan fingerprint density at radius 3 is 2.54 bits per heavy atom. The average molecular weight is 356 g/mol. The van der Waals surface area contributed by atoms with Gasteiger partial charge < -0.3 is 24.8 Å². The number of anilines is 2. The highest BCUT2D eigenvalue weighted by atomic mass is 16.7. The van der Waals surface area contributed by atoms with Crippen molar-refractivity contribution in [2.45, 2.75) is 13.8 Å². The van der Waals surface area contributed by atoms with Crippen molar-refractivity contribution in [2.75, 3.05) is 24.5 Å². The molecule has 0 aromatic heterocycles. The maximum absolute atomic E-state index is 12.5. The van der Waals surface area contributed by atoms with Crippen LogP contribution in [0, 0.1) is 5.92 Å². The minimum atomic E-state index is -0.313. The van der Waals surface area contributed by atoms with E-state index in [0.29, 0.717) is 34.2 Å². The predicted octanol–water partition coefficient (Wildman–Crippen LogP) is 3.27. The summed E-state index contributed by atoms with van der Waals surface area (Å²) in [5, 5.41) is 5.57. The summed E-state index contributed by atoms with van der Waals surface area (Å²) in [6.07, 6.45) is 0. The predicted molar refractivity (Wildman–Crippen MR) is 97.0 cm³/mol. The zero-order valence-corrected chi connectivity index (χ0v) is 14.8. The largest absolute Gasteiger partial charge is 0.495 e. The van der Waals surface area contributed by atoms with Gasteiger partial charge in [-0.15, -0.1) is 0 Å². The van der Waals surface area contributed by atoms with Crippen molar-refractivity contribution in [2.24, 2.45) is 5.92 Å². The molecule has 7 heteroatoms. The molecule has 2 aromatic carbocycles. The molecule has 1 aliphatic rings. The van der Waals surface area contributed by atoms with Crippen LogP contribution in [0.4, 0.5) is 11.4 Å². The number of hydrogen-bond donors (Lipinski definition) is 2. The molecule has 2 aromatic rings. The third kappa shape index (κ3) is 3.72. The third-order valence-electron chi connectivity index (χ3n) is 3.87. The molecule has 0 aliphatic carbocycles. The molecule has 0 unspecified atom stereocenters. The Labute approximate surface area is 151 Å². The number of fused-ring (bicyclic) bond motifs is 1. The molecule has 0 bridgehead atoms. The number of nitrogens with one attached hydrogen (secondary N) is 2. The Morgan fingerprint density at radius 1 is 1.04 bits per heavy atom. The molecule has 3 rings (SSSR count). The smallest absolute Gasteiger partial charge is 0.255 e. The number of rotatable bonds is 5. The number of benzene rings is 2. The van der Waals surface area contributed by atoms with Crippen LogP contribution in [0.2, 0.25) is 0 Å². The quantitative estimate of drug-likeness (QED) is 0.859. The number of carbonyl (C=O) groups excluding carboxylic acids is 2. The number of hydrogen-bond acceptors (Lipinski definition) is 5. The first-order valence-corrected chi connectivity index (χ1v) is 8.18. The summed E-state index contributed by atoms with van der Waals surface area (Å²) < 4.78 is 15.8. The lowest BCUT2D eigenvalue weighted by Crippen LogP contribution is -2.19. The van der Waals surface area contributed by atoms with Gasteiger partial charge in [0.05, 0.1) is 12.8 Å². The second-order valence-corrected chi connectivity index (χ2v) is 6.08. The van der Waals surface area contributed by atoms with Gasteiger partial charge in [0, 0.05) is 23.2 Å². The van der Waals surface area contributed by atoms with Crippen LogP contribution in [0.15, 0.2) is 36.4 Å². The van der Waals surface area contributed by atoms with Gasteiger partial charge in [-0.05, 0) is 30.3 Å². The standard InChI is InChI=1S/C19H20N2O5/c1-11(2)18(22)21-14-8-12(4-6-15(14)24-3)19(23)20-13-5-7-16-17(9-13)26-10-25-16/h4-9,11H,10H2,1-3H3,(H,20,23)(H,21,22). The van der Waals surface area contributed by atoms with E-state index >= 15 is 0 Å². The maximum Gasteiger partial charge on any atom is 0.255 e. The topological polar surface area (TPSA) is 85.9 Å². The van der Waals surface area contributed by atoms with E-state index < -0.39 is 0 Å². The Hall–Kier alpha value is -3.22. The summed E-state index contributed by atoms with van der Waals surface area (Å²) in [6.45, 7) is 3.75. The summed E-state index contributed by atoms with van der Waals surface area (Å²) in [5.74, 6) is 1.06. The Bertz CT molecular complexity index is 848. The lowest BCUT2D eigenvalue weighted by Gasteiger charge is -2.13. The van der Waals surface area contributed by atoms with Crippen LogP contribution in [0.1, 0.15) is 24.2 Å². The second-order valence-electron chi connectivity index (χ2n) is 6.08. The van der Waals surface area contributed by atoms with Crippen molar-refractivity contribution in [3.63, 3.8) is 0 Å². The summed E-state index contributed by atoms with van der Waals surface area (Å²) >= 11 is 0. The van der Waals surface area contributed by atoms with E-state index in [1.165, 1.54) is 7.11 Å². The van der Waals surface area contributed by atoms with Gasteiger partial charge in [-0.25, -0.2) is 0 Å². The fourth-order valence-electron chi connectivity index (χ4n) is 2.40. The minimum Gasteiger partial charge on any atom is -0.495 e. The van der Waals surface area contributed by atoms with Crippen LogP contribution in [-0.2, 0) is 4.79 Å². The highest BCUT2D eigenvalue weighted by Gasteiger charge is 2.17. The second kappa shape index (κ2) is 7.35. The number of carbonyl (C=O) groups is 2. The Kier molecular flexibility index (Phi) is 4.97. The van der Waals surface area contributed by atoms with Crippen LogP contribution in [-0.4, -0.2) is 25.7 Å². The SMILES string of the molecule is COc1ccc(C(=O)Nc2ccc3c(c2)OCO3)cc1NC(=O)C(C)C. The molecule has 2 N–H and O–H groups in total. The molecular formula is C19H20N2O5. The molecule has 1 heterocycles. The van der Waals surface area contributed by atoms with Crippen LogP contribution in [0.25, 0.3) is 0 Å². The van der Waals surface area contributed by atoms with Gasteiger partial charge >= 0.3 is 0 Å². The van der Waals surface area contributed by atoms with E-state index in [9.17, 15) is 9.59 Å². The van der Waals surface area contributed by atoms with Crippen molar-refractivity contribution in [1.82, 2.24) is 0 Å². The normalized spacial score (nSPS) is 12.0. The van der Waals surface area contributed by atoms with Gasteiger partial charge in [-0.2, -0.15) is 0 Å². The summed E-state index contributed by atoms with van der Waals surface area (Å²) in [6, 6.07) is 10.0. The first-order chi connectivity index (χ1) is 12.5. The molecule has 1 aliphatic heterocycles. The van der Waals surface area contributed by atoms with Crippen molar-refractivity contribution in [3.8, 4) is 17.2 Å². The highest BCUT2D eigenvalue weighted by Crippen LogP contribution is 2.34. The van der Waals surface area contributed by atoms with Gasteiger partial charge in [0.2, 0.25) is 12.7 Å². The molecule has 0 atom stereocenters. The fourth-order valence-corrected chi connectivity index (χ4v) is 2.40. The Morgan fingerprint density at radius 2 is 1.81 bits per heavy atom. The van der Waals surface area contributed by atoms with Crippen LogP contribution >= 0.6 is 0 Å². The van der Waals surface area contributed by atoms with Crippen molar-refractivity contribution >= 4 is 23.2 Å².